The zero-order chi connectivity index (χ0) is 18.1. The number of amides is 2. The number of quaternary nitrogens is 1. The third kappa shape index (κ3) is 3.21. The van der Waals surface area contributed by atoms with E-state index in [1.807, 2.05) is 31.2 Å². The van der Waals surface area contributed by atoms with Crippen molar-refractivity contribution in [2.45, 2.75) is 32.6 Å². The van der Waals surface area contributed by atoms with Crippen molar-refractivity contribution in [1.82, 2.24) is 0 Å². The number of hydrogen-bond acceptors (Lipinski definition) is 3. The maximum Gasteiger partial charge on any atom is 0.238 e. The molecular weight excluding hydrogens is 328 g/mol. The largest absolute Gasteiger partial charge is 0.370 e. The van der Waals surface area contributed by atoms with E-state index in [0.717, 1.165) is 51.1 Å². The van der Waals surface area contributed by atoms with Crippen LogP contribution in [-0.2, 0) is 14.3 Å². The summed E-state index contributed by atoms with van der Waals surface area (Å²) in [5.41, 5.74) is 3.17. The first-order valence-electron chi connectivity index (χ1n) is 9.71. The van der Waals surface area contributed by atoms with Crippen LogP contribution in [0.1, 0.15) is 31.2 Å². The summed E-state index contributed by atoms with van der Waals surface area (Å²) in [7, 11) is 0. The zero-order valence-corrected chi connectivity index (χ0v) is 15.4. The highest BCUT2D eigenvalue weighted by molar-refractivity contribution is 6.21. The molecule has 1 aromatic carbocycles. The Kier molecular flexibility index (Phi) is 4.92. The molecule has 0 spiro atoms. The lowest BCUT2D eigenvalue weighted by Crippen LogP contribution is -3.13. The number of ether oxygens (including phenoxy) is 1. The van der Waals surface area contributed by atoms with Gasteiger partial charge in [-0.1, -0.05) is 17.7 Å². The predicted octanol–water partition coefficient (Wildman–Crippen LogP) is 1.47. The number of carbonyl (C=O) groups excluding carboxylic acids is 2. The van der Waals surface area contributed by atoms with E-state index in [9.17, 15) is 9.59 Å². The first-order valence-corrected chi connectivity index (χ1v) is 9.71. The molecule has 0 radical (unpaired) electrons. The SMILES string of the molecule is Cc1ccc(N2C(=O)C[C@H]([C@H]3CCCC=C3[NH+]3CCOCC3)C2=O)cc1. The average molecular weight is 355 g/mol. The Morgan fingerprint density at radius 3 is 2.54 bits per heavy atom. The van der Waals surface area contributed by atoms with E-state index in [1.165, 1.54) is 15.5 Å². The third-order valence-corrected chi connectivity index (χ3v) is 5.95. The molecule has 1 aromatic rings. The van der Waals surface area contributed by atoms with Crippen LogP contribution in [0.2, 0.25) is 0 Å². The van der Waals surface area contributed by atoms with Crippen LogP contribution in [0.5, 0.6) is 0 Å². The van der Waals surface area contributed by atoms with Gasteiger partial charge in [0, 0.05) is 12.3 Å². The quantitative estimate of drug-likeness (QED) is 0.836. The molecule has 2 saturated heterocycles. The van der Waals surface area contributed by atoms with Gasteiger partial charge in [0.05, 0.1) is 24.8 Å². The highest BCUT2D eigenvalue weighted by Crippen LogP contribution is 2.37. The molecule has 3 aliphatic rings. The molecule has 2 amide bonds. The maximum atomic E-state index is 13.2. The van der Waals surface area contributed by atoms with Crippen molar-refractivity contribution >= 4 is 17.5 Å². The molecule has 5 nitrogen and oxygen atoms in total. The van der Waals surface area contributed by atoms with Crippen molar-refractivity contribution in [2.24, 2.45) is 11.8 Å². The second kappa shape index (κ2) is 7.33. The van der Waals surface area contributed by atoms with Gasteiger partial charge in [0.25, 0.3) is 0 Å². The van der Waals surface area contributed by atoms with Gasteiger partial charge in [-0.2, -0.15) is 0 Å². The molecule has 1 N–H and O–H groups in total. The van der Waals surface area contributed by atoms with Crippen LogP contribution in [0.4, 0.5) is 5.69 Å². The lowest BCUT2D eigenvalue weighted by atomic mass is 9.80. The average Bonchev–Trinajstić information content (AvgIpc) is 2.97. The first kappa shape index (κ1) is 17.4. The van der Waals surface area contributed by atoms with Crippen LogP contribution in [0.3, 0.4) is 0 Å². The number of aryl methyl sites for hydroxylation is 1. The van der Waals surface area contributed by atoms with E-state index in [0.29, 0.717) is 12.1 Å². The standard InChI is InChI=1S/C21H26N2O3/c1-15-6-8-16(9-7-15)23-20(24)14-18(21(23)25)17-4-2-3-5-19(17)22-10-12-26-13-11-22/h5-9,17-18H,2-4,10-14H2,1H3/p+1/t17-,18-/m1/s1. The van der Waals surface area contributed by atoms with E-state index in [1.54, 1.807) is 0 Å². The number of anilines is 1. The van der Waals surface area contributed by atoms with Gasteiger partial charge >= 0.3 is 0 Å². The Labute approximate surface area is 154 Å². The molecule has 0 aromatic heterocycles. The Morgan fingerprint density at radius 1 is 1.08 bits per heavy atom. The van der Waals surface area contributed by atoms with Gasteiger partial charge < -0.3 is 9.64 Å². The fourth-order valence-corrected chi connectivity index (χ4v) is 4.57. The van der Waals surface area contributed by atoms with Gasteiger partial charge in [0.2, 0.25) is 11.8 Å². The molecule has 0 bridgehead atoms. The molecule has 26 heavy (non-hydrogen) atoms. The number of nitrogens with one attached hydrogen (secondary N) is 1. The summed E-state index contributed by atoms with van der Waals surface area (Å²) in [5.74, 6) is -0.121. The van der Waals surface area contributed by atoms with Crippen molar-refractivity contribution < 1.29 is 19.2 Å². The van der Waals surface area contributed by atoms with Crippen molar-refractivity contribution in [2.75, 3.05) is 31.2 Å². The van der Waals surface area contributed by atoms with E-state index < -0.39 is 0 Å². The number of nitrogens with zero attached hydrogens (tertiary/aromatic N) is 1. The van der Waals surface area contributed by atoms with Crippen LogP contribution in [-0.4, -0.2) is 38.1 Å². The van der Waals surface area contributed by atoms with Crippen molar-refractivity contribution in [3.05, 3.63) is 41.6 Å². The number of morpholine rings is 1. The third-order valence-electron chi connectivity index (χ3n) is 5.95. The molecule has 0 unspecified atom stereocenters. The van der Waals surface area contributed by atoms with Gasteiger partial charge in [-0.3, -0.25) is 14.5 Å². The van der Waals surface area contributed by atoms with Gasteiger partial charge in [-0.05, 0) is 44.4 Å². The molecule has 4 rings (SSSR count). The summed E-state index contributed by atoms with van der Waals surface area (Å²) in [5, 5.41) is 0. The highest BCUT2D eigenvalue weighted by Gasteiger charge is 2.47. The van der Waals surface area contributed by atoms with Crippen molar-refractivity contribution in [3.63, 3.8) is 0 Å². The second-order valence-corrected chi connectivity index (χ2v) is 7.63. The smallest absolute Gasteiger partial charge is 0.238 e. The topological polar surface area (TPSA) is 51.1 Å². The molecular formula is C21H27N2O3+. The number of allylic oxidation sites excluding steroid dienone is 2. The zero-order valence-electron chi connectivity index (χ0n) is 15.4. The van der Waals surface area contributed by atoms with Crippen LogP contribution in [0.15, 0.2) is 36.0 Å². The Bertz CT molecular complexity index is 719. The summed E-state index contributed by atoms with van der Waals surface area (Å²) in [6.45, 7) is 5.46. The number of rotatable bonds is 3. The number of imide groups is 1. The van der Waals surface area contributed by atoms with E-state index in [-0.39, 0.29) is 23.7 Å². The highest BCUT2D eigenvalue weighted by atomic mass is 16.5. The minimum atomic E-state index is -0.217. The number of carbonyl (C=O) groups is 2. The minimum absolute atomic E-state index is 0.0238. The Hall–Kier alpha value is -1.98. The fraction of sp³-hybridized carbons (Fsp3) is 0.524. The summed E-state index contributed by atoms with van der Waals surface area (Å²) in [6, 6.07) is 7.65. The summed E-state index contributed by atoms with van der Waals surface area (Å²) in [4.78, 5) is 28.7. The van der Waals surface area contributed by atoms with Crippen LogP contribution >= 0.6 is 0 Å². The van der Waals surface area contributed by atoms with E-state index in [2.05, 4.69) is 6.08 Å². The maximum absolute atomic E-state index is 13.2. The molecule has 0 saturated carbocycles. The van der Waals surface area contributed by atoms with E-state index >= 15 is 0 Å². The van der Waals surface area contributed by atoms with Crippen molar-refractivity contribution in [1.29, 1.82) is 0 Å². The van der Waals surface area contributed by atoms with Gasteiger partial charge in [-0.25, -0.2) is 0 Å². The lowest BCUT2D eigenvalue weighted by Gasteiger charge is -2.34. The fourth-order valence-electron chi connectivity index (χ4n) is 4.57. The predicted molar refractivity (Wildman–Crippen MR) is 98.7 cm³/mol. The van der Waals surface area contributed by atoms with E-state index in [4.69, 9.17) is 4.74 Å². The molecule has 2 fully saturated rings. The van der Waals surface area contributed by atoms with Crippen LogP contribution in [0, 0.1) is 18.8 Å². The summed E-state index contributed by atoms with van der Waals surface area (Å²) < 4.78 is 5.50. The Balaban J connectivity index is 1.57. The number of hydrogen-bond donors (Lipinski definition) is 1. The van der Waals surface area contributed by atoms with Gasteiger partial charge in [0.1, 0.15) is 18.8 Å². The molecule has 138 valence electrons. The van der Waals surface area contributed by atoms with Crippen LogP contribution in [0.25, 0.3) is 0 Å². The van der Waals surface area contributed by atoms with Gasteiger partial charge in [0.15, 0.2) is 0 Å². The molecule has 1 aliphatic carbocycles. The Morgan fingerprint density at radius 2 is 1.81 bits per heavy atom. The molecule has 2 aliphatic heterocycles. The second-order valence-electron chi connectivity index (χ2n) is 7.63. The van der Waals surface area contributed by atoms with Crippen LogP contribution < -0.4 is 9.80 Å². The molecule has 5 heteroatoms. The van der Waals surface area contributed by atoms with Gasteiger partial charge in [-0.15, -0.1) is 0 Å². The lowest BCUT2D eigenvalue weighted by molar-refractivity contribution is -0.874. The summed E-state index contributed by atoms with van der Waals surface area (Å²) >= 11 is 0. The normalized spacial score (nSPS) is 27.7. The molecule has 2 atom stereocenters. The monoisotopic (exact) mass is 355 g/mol. The first-order chi connectivity index (χ1) is 12.6. The van der Waals surface area contributed by atoms with Crippen molar-refractivity contribution in [3.8, 4) is 0 Å². The molecule has 2 heterocycles. The summed E-state index contributed by atoms with van der Waals surface area (Å²) in [6.07, 6.45) is 5.83. The number of benzene rings is 1. The minimum Gasteiger partial charge on any atom is -0.370 e.